The highest BCUT2D eigenvalue weighted by Gasteiger charge is 2.15. The molecule has 2 heterocycles. The van der Waals surface area contributed by atoms with Crippen molar-refractivity contribution in [2.75, 3.05) is 11.9 Å². The number of carbonyl (C=O) groups is 2. The standard InChI is InChI=1S/C17H14ClN3O4/c1-9-5-15(21-25-9)20-16(22)8-24-17(23)13-7-11-6-12(18)3-4-14(11)19-10(13)2/h3-7H,8H2,1-2H3,(H,20,21,22). The van der Waals surface area contributed by atoms with Gasteiger partial charge in [0.2, 0.25) is 0 Å². The van der Waals surface area contributed by atoms with Gasteiger partial charge in [-0.25, -0.2) is 4.79 Å². The molecule has 1 N–H and O–H groups in total. The van der Waals surface area contributed by atoms with Crippen molar-refractivity contribution >= 4 is 40.2 Å². The Morgan fingerprint density at radius 3 is 2.76 bits per heavy atom. The smallest absolute Gasteiger partial charge is 0.340 e. The first-order valence-corrected chi connectivity index (χ1v) is 7.77. The number of halogens is 1. The van der Waals surface area contributed by atoms with E-state index >= 15 is 0 Å². The number of nitrogens with one attached hydrogen (secondary N) is 1. The molecule has 0 bridgehead atoms. The van der Waals surface area contributed by atoms with E-state index in [2.05, 4.69) is 15.5 Å². The zero-order chi connectivity index (χ0) is 18.0. The molecule has 0 fully saturated rings. The van der Waals surface area contributed by atoms with Crippen molar-refractivity contribution in [3.05, 3.63) is 52.4 Å². The normalized spacial score (nSPS) is 10.7. The van der Waals surface area contributed by atoms with Gasteiger partial charge in [-0.1, -0.05) is 16.8 Å². The van der Waals surface area contributed by atoms with Crippen LogP contribution in [0, 0.1) is 13.8 Å². The Morgan fingerprint density at radius 1 is 1.24 bits per heavy atom. The van der Waals surface area contributed by atoms with Crippen LogP contribution >= 0.6 is 11.6 Å². The summed E-state index contributed by atoms with van der Waals surface area (Å²) in [6, 6.07) is 8.41. The van der Waals surface area contributed by atoms with Crippen LogP contribution in [0.15, 0.2) is 34.9 Å². The van der Waals surface area contributed by atoms with Gasteiger partial charge in [-0.3, -0.25) is 9.78 Å². The number of amides is 1. The molecule has 128 valence electrons. The SMILES string of the molecule is Cc1cc(NC(=O)COC(=O)c2cc3cc(Cl)ccc3nc2C)no1. The fraction of sp³-hybridized carbons (Fsp3) is 0.176. The van der Waals surface area contributed by atoms with Crippen molar-refractivity contribution in [2.24, 2.45) is 0 Å². The third-order valence-electron chi connectivity index (χ3n) is 3.42. The number of pyridine rings is 1. The number of anilines is 1. The average molecular weight is 360 g/mol. The summed E-state index contributed by atoms with van der Waals surface area (Å²) in [4.78, 5) is 28.4. The predicted octanol–water partition coefficient (Wildman–Crippen LogP) is 3.29. The Kier molecular flexibility index (Phi) is 4.67. The summed E-state index contributed by atoms with van der Waals surface area (Å²) in [5, 5.41) is 7.35. The molecule has 0 aliphatic carbocycles. The second kappa shape index (κ2) is 6.90. The third-order valence-corrected chi connectivity index (χ3v) is 3.65. The van der Waals surface area contributed by atoms with Crippen LogP contribution in [0.4, 0.5) is 5.82 Å². The van der Waals surface area contributed by atoms with E-state index < -0.39 is 18.5 Å². The lowest BCUT2D eigenvalue weighted by molar-refractivity contribution is -0.119. The second-order valence-electron chi connectivity index (χ2n) is 5.41. The first-order valence-electron chi connectivity index (χ1n) is 7.39. The van der Waals surface area contributed by atoms with Crippen molar-refractivity contribution in [1.29, 1.82) is 0 Å². The summed E-state index contributed by atoms with van der Waals surface area (Å²) in [6.07, 6.45) is 0. The number of rotatable bonds is 4. The predicted molar refractivity (Wildman–Crippen MR) is 91.6 cm³/mol. The molecule has 0 unspecified atom stereocenters. The molecule has 0 saturated carbocycles. The lowest BCUT2D eigenvalue weighted by Gasteiger charge is -2.08. The van der Waals surface area contributed by atoms with Crippen molar-refractivity contribution in [3.63, 3.8) is 0 Å². The van der Waals surface area contributed by atoms with E-state index in [1.54, 1.807) is 44.2 Å². The highest BCUT2D eigenvalue weighted by atomic mass is 35.5. The number of hydrogen-bond acceptors (Lipinski definition) is 6. The molecule has 0 aliphatic rings. The zero-order valence-corrected chi connectivity index (χ0v) is 14.3. The van der Waals surface area contributed by atoms with Crippen molar-refractivity contribution < 1.29 is 18.8 Å². The van der Waals surface area contributed by atoms with Gasteiger partial charge in [-0.05, 0) is 38.1 Å². The van der Waals surface area contributed by atoms with Gasteiger partial charge in [0, 0.05) is 16.5 Å². The molecule has 0 radical (unpaired) electrons. The number of nitrogens with zero attached hydrogens (tertiary/aromatic N) is 2. The first-order chi connectivity index (χ1) is 11.9. The highest BCUT2D eigenvalue weighted by molar-refractivity contribution is 6.31. The second-order valence-corrected chi connectivity index (χ2v) is 5.84. The molecule has 1 amide bonds. The zero-order valence-electron chi connectivity index (χ0n) is 13.5. The number of aryl methyl sites for hydroxylation is 2. The number of carbonyl (C=O) groups excluding carboxylic acids is 2. The number of benzene rings is 1. The lowest BCUT2D eigenvalue weighted by atomic mass is 10.1. The molecule has 25 heavy (non-hydrogen) atoms. The van der Waals surface area contributed by atoms with Gasteiger partial charge in [0.1, 0.15) is 5.76 Å². The fourth-order valence-corrected chi connectivity index (χ4v) is 2.44. The Morgan fingerprint density at radius 2 is 2.04 bits per heavy atom. The van der Waals surface area contributed by atoms with Gasteiger partial charge in [0.05, 0.1) is 16.8 Å². The molecule has 2 aromatic heterocycles. The highest BCUT2D eigenvalue weighted by Crippen LogP contribution is 2.21. The molecule has 3 rings (SSSR count). The van der Waals surface area contributed by atoms with Gasteiger partial charge in [0.25, 0.3) is 5.91 Å². The summed E-state index contributed by atoms with van der Waals surface area (Å²) in [6.45, 7) is 2.95. The van der Waals surface area contributed by atoms with Crippen molar-refractivity contribution in [3.8, 4) is 0 Å². The molecule has 0 atom stereocenters. The molecule has 0 spiro atoms. The van der Waals surface area contributed by atoms with Crippen LogP contribution in [0.3, 0.4) is 0 Å². The maximum atomic E-state index is 12.2. The number of aromatic nitrogens is 2. The first kappa shape index (κ1) is 16.9. The number of hydrogen-bond donors (Lipinski definition) is 1. The Balaban J connectivity index is 1.69. The molecule has 0 saturated heterocycles. The van der Waals surface area contributed by atoms with E-state index in [0.29, 0.717) is 21.9 Å². The number of ether oxygens (including phenoxy) is 1. The van der Waals surface area contributed by atoms with Crippen LogP contribution in [0.1, 0.15) is 21.8 Å². The Hall–Kier alpha value is -2.93. The summed E-state index contributed by atoms with van der Waals surface area (Å²) in [5.41, 5.74) is 1.50. The maximum Gasteiger partial charge on any atom is 0.340 e. The molecule has 1 aromatic carbocycles. The summed E-state index contributed by atoms with van der Waals surface area (Å²) in [5.74, 6) is -0.338. The van der Waals surface area contributed by atoms with Crippen LogP contribution in [-0.4, -0.2) is 28.6 Å². The number of fused-ring (bicyclic) bond motifs is 1. The van der Waals surface area contributed by atoms with Gasteiger partial charge in [-0.2, -0.15) is 0 Å². The van der Waals surface area contributed by atoms with E-state index in [1.165, 1.54) is 0 Å². The largest absolute Gasteiger partial charge is 0.452 e. The van der Waals surface area contributed by atoms with Crippen LogP contribution < -0.4 is 5.32 Å². The Labute approximate surface area is 147 Å². The van der Waals surface area contributed by atoms with Crippen LogP contribution in [0.2, 0.25) is 5.02 Å². The van der Waals surface area contributed by atoms with Gasteiger partial charge in [-0.15, -0.1) is 0 Å². The van der Waals surface area contributed by atoms with E-state index in [1.807, 2.05) is 0 Å². The molecular weight excluding hydrogens is 346 g/mol. The van der Waals surface area contributed by atoms with Gasteiger partial charge >= 0.3 is 5.97 Å². The van der Waals surface area contributed by atoms with E-state index in [9.17, 15) is 9.59 Å². The molecule has 7 nitrogen and oxygen atoms in total. The maximum absolute atomic E-state index is 12.2. The van der Waals surface area contributed by atoms with Crippen LogP contribution in [0.5, 0.6) is 0 Å². The van der Waals surface area contributed by atoms with Crippen molar-refractivity contribution in [1.82, 2.24) is 10.1 Å². The number of esters is 1. The quantitative estimate of drug-likeness (QED) is 0.718. The van der Waals surface area contributed by atoms with Crippen LogP contribution in [-0.2, 0) is 9.53 Å². The molecular formula is C17H14ClN3O4. The minimum atomic E-state index is -0.640. The van der Waals surface area contributed by atoms with Crippen molar-refractivity contribution in [2.45, 2.75) is 13.8 Å². The Bertz CT molecular complexity index is 968. The monoisotopic (exact) mass is 359 g/mol. The van der Waals surface area contributed by atoms with Gasteiger partial charge < -0.3 is 14.6 Å². The van der Waals surface area contributed by atoms with E-state index in [-0.39, 0.29) is 11.4 Å². The fourth-order valence-electron chi connectivity index (χ4n) is 2.26. The van der Waals surface area contributed by atoms with Gasteiger partial charge in [0.15, 0.2) is 12.4 Å². The summed E-state index contributed by atoms with van der Waals surface area (Å²) in [7, 11) is 0. The van der Waals surface area contributed by atoms with E-state index in [0.717, 1.165) is 5.52 Å². The van der Waals surface area contributed by atoms with Crippen LogP contribution in [0.25, 0.3) is 10.9 Å². The summed E-state index contributed by atoms with van der Waals surface area (Å²) < 4.78 is 9.88. The molecule has 3 aromatic rings. The molecule has 8 heteroatoms. The molecule has 0 aliphatic heterocycles. The van der Waals surface area contributed by atoms with E-state index in [4.69, 9.17) is 20.9 Å². The summed E-state index contributed by atoms with van der Waals surface area (Å²) >= 11 is 5.96. The third kappa shape index (κ3) is 3.95. The topological polar surface area (TPSA) is 94.3 Å². The minimum absolute atomic E-state index is 0.261. The lowest BCUT2D eigenvalue weighted by Crippen LogP contribution is -2.21. The minimum Gasteiger partial charge on any atom is -0.452 e. The average Bonchev–Trinajstić information content (AvgIpc) is 2.97.